The number of thiol groups is 1. The molecule has 0 unspecified atom stereocenters. The summed E-state index contributed by atoms with van der Waals surface area (Å²) in [5.74, 6) is -3.82. The van der Waals surface area contributed by atoms with E-state index in [0.29, 0.717) is 0 Å². The molecule has 0 aliphatic rings. The van der Waals surface area contributed by atoms with Crippen LogP contribution in [-0.4, -0.2) is 72.7 Å². The van der Waals surface area contributed by atoms with E-state index < -0.39 is 48.7 Å². The number of carboxylic acids is 1. The van der Waals surface area contributed by atoms with Crippen molar-refractivity contribution in [1.82, 2.24) is 21.3 Å². The number of nitrogens with one attached hydrogen (secondary N) is 4. The lowest BCUT2D eigenvalue weighted by molar-refractivity contribution is -0.141. The van der Waals surface area contributed by atoms with Crippen molar-refractivity contribution < 1.29 is 29.1 Å². The fourth-order valence-corrected chi connectivity index (χ4v) is 1.41. The highest BCUT2D eigenvalue weighted by molar-refractivity contribution is 7.80. The van der Waals surface area contributed by atoms with Crippen LogP contribution < -0.4 is 27.0 Å². The number of hydrogen-bond acceptors (Lipinski definition) is 7. The van der Waals surface area contributed by atoms with Crippen LogP contribution in [0.2, 0.25) is 0 Å². The van der Waals surface area contributed by atoms with Gasteiger partial charge in [0.1, 0.15) is 6.04 Å². The molecule has 0 heterocycles. The van der Waals surface area contributed by atoms with E-state index in [2.05, 4.69) is 33.9 Å². The zero-order chi connectivity index (χ0) is 17.8. The Bertz CT molecular complexity index is 472. The van der Waals surface area contributed by atoms with Gasteiger partial charge in [0.25, 0.3) is 0 Å². The van der Waals surface area contributed by atoms with Crippen LogP contribution in [0.1, 0.15) is 0 Å². The van der Waals surface area contributed by atoms with Gasteiger partial charge in [0.2, 0.25) is 23.6 Å². The number of rotatable bonds is 10. The minimum Gasteiger partial charge on any atom is -0.480 e. The van der Waals surface area contributed by atoms with E-state index in [0.717, 1.165) is 0 Å². The van der Waals surface area contributed by atoms with Gasteiger partial charge in [-0.2, -0.15) is 12.6 Å². The largest absolute Gasteiger partial charge is 0.480 e. The summed E-state index contributed by atoms with van der Waals surface area (Å²) in [6.45, 7) is -1.44. The van der Waals surface area contributed by atoms with E-state index in [9.17, 15) is 24.0 Å². The van der Waals surface area contributed by atoms with Gasteiger partial charge in [0, 0.05) is 5.75 Å². The highest BCUT2D eigenvalue weighted by Gasteiger charge is 2.18. The molecule has 1 atom stereocenters. The van der Waals surface area contributed by atoms with Gasteiger partial charge in [-0.05, 0) is 0 Å². The van der Waals surface area contributed by atoms with Crippen LogP contribution in [0.4, 0.5) is 0 Å². The Balaban J connectivity index is 3.94. The van der Waals surface area contributed by atoms with Gasteiger partial charge in [-0.25, -0.2) is 4.79 Å². The first-order valence-electron chi connectivity index (χ1n) is 6.43. The minimum absolute atomic E-state index is 0.0976. The molecule has 0 aromatic heterocycles. The number of carbonyl (C=O) groups excluding carboxylic acids is 4. The van der Waals surface area contributed by atoms with E-state index >= 15 is 0 Å². The van der Waals surface area contributed by atoms with Crippen LogP contribution in [0, 0.1) is 0 Å². The molecule has 0 rings (SSSR count). The molecule has 0 spiro atoms. The minimum atomic E-state index is -1.24. The third-order valence-corrected chi connectivity index (χ3v) is 2.70. The molecule has 0 aliphatic heterocycles. The predicted molar refractivity (Wildman–Crippen MR) is 81.5 cm³/mol. The van der Waals surface area contributed by atoms with Crippen molar-refractivity contribution in [2.75, 3.05) is 31.9 Å². The molecule has 4 amide bonds. The summed E-state index contributed by atoms with van der Waals surface area (Å²) in [4.78, 5) is 55.5. The zero-order valence-corrected chi connectivity index (χ0v) is 13.0. The summed E-state index contributed by atoms with van der Waals surface area (Å²) in [6, 6.07) is -1.16. The first kappa shape index (κ1) is 20.7. The number of amides is 4. The Morgan fingerprint density at radius 3 is 1.70 bits per heavy atom. The van der Waals surface area contributed by atoms with Gasteiger partial charge >= 0.3 is 5.97 Å². The van der Waals surface area contributed by atoms with Crippen molar-refractivity contribution in [1.29, 1.82) is 0 Å². The van der Waals surface area contributed by atoms with E-state index in [4.69, 9.17) is 10.8 Å². The molecule has 0 aromatic rings. The maximum atomic E-state index is 11.4. The fraction of sp³-hybridized carbons (Fsp3) is 0.545. The lowest BCUT2D eigenvalue weighted by Crippen LogP contribution is -2.48. The summed E-state index contributed by atoms with van der Waals surface area (Å²) in [5, 5.41) is 17.5. The number of carbonyl (C=O) groups is 5. The number of nitrogens with two attached hydrogens (primary N) is 1. The van der Waals surface area contributed by atoms with E-state index in [1.54, 1.807) is 0 Å². The Kier molecular flexibility index (Phi) is 10.1. The third kappa shape index (κ3) is 10.1. The van der Waals surface area contributed by atoms with Gasteiger partial charge in [-0.3, -0.25) is 19.2 Å². The lowest BCUT2D eigenvalue weighted by Gasteiger charge is -2.12. The topological polar surface area (TPSA) is 180 Å². The average molecular weight is 349 g/mol. The molecule has 0 fully saturated rings. The SMILES string of the molecule is NCC(=O)NCC(=O)NCC(=O)NCC(=O)N[C@@H](CS)C(=O)O. The fourth-order valence-electron chi connectivity index (χ4n) is 1.16. The van der Waals surface area contributed by atoms with Crippen molar-refractivity contribution in [3.05, 3.63) is 0 Å². The van der Waals surface area contributed by atoms with Gasteiger partial charge in [0.15, 0.2) is 0 Å². The molecule has 11 nitrogen and oxygen atoms in total. The van der Waals surface area contributed by atoms with E-state index in [-0.39, 0.29) is 18.8 Å². The normalized spacial score (nSPS) is 11.0. The molecular weight excluding hydrogens is 330 g/mol. The highest BCUT2D eigenvalue weighted by Crippen LogP contribution is 1.87. The van der Waals surface area contributed by atoms with Crippen LogP contribution >= 0.6 is 12.6 Å². The smallest absolute Gasteiger partial charge is 0.327 e. The number of carboxylic acid groups (broad SMARTS) is 1. The van der Waals surface area contributed by atoms with Crippen LogP contribution in [0.3, 0.4) is 0 Å². The Hall–Kier alpha value is -2.34. The van der Waals surface area contributed by atoms with Gasteiger partial charge in [-0.15, -0.1) is 0 Å². The van der Waals surface area contributed by atoms with Crippen molar-refractivity contribution >= 4 is 42.2 Å². The Labute approximate surface area is 137 Å². The Morgan fingerprint density at radius 1 is 0.870 bits per heavy atom. The van der Waals surface area contributed by atoms with Crippen LogP contribution in [0.5, 0.6) is 0 Å². The zero-order valence-electron chi connectivity index (χ0n) is 12.1. The first-order valence-corrected chi connectivity index (χ1v) is 7.06. The second-order valence-corrected chi connectivity index (χ2v) is 4.54. The molecule has 0 bridgehead atoms. The quantitative estimate of drug-likeness (QED) is 0.195. The Morgan fingerprint density at radius 2 is 1.30 bits per heavy atom. The van der Waals surface area contributed by atoms with Crippen LogP contribution in [-0.2, 0) is 24.0 Å². The summed E-state index contributed by atoms with van der Waals surface area (Å²) in [6.07, 6.45) is 0. The monoisotopic (exact) mass is 349 g/mol. The predicted octanol–water partition coefficient (Wildman–Crippen LogP) is -4.21. The summed E-state index contributed by atoms with van der Waals surface area (Å²) < 4.78 is 0. The average Bonchev–Trinajstić information content (AvgIpc) is 2.53. The molecule has 0 radical (unpaired) electrons. The van der Waals surface area contributed by atoms with E-state index in [1.165, 1.54) is 0 Å². The molecule has 0 saturated heterocycles. The standard InChI is InChI=1S/C11H19N5O6S/c12-1-7(17)13-2-8(18)14-3-9(19)15-4-10(20)16-6(5-23)11(21)22/h6,23H,1-5,12H2,(H,13,17)(H,14,18)(H,15,19)(H,16,20)(H,21,22)/t6-/m0/s1. The maximum Gasteiger partial charge on any atom is 0.327 e. The van der Waals surface area contributed by atoms with E-state index in [1.807, 2.05) is 0 Å². The van der Waals surface area contributed by atoms with Crippen molar-refractivity contribution in [2.45, 2.75) is 6.04 Å². The van der Waals surface area contributed by atoms with Crippen LogP contribution in [0.25, 0.3) is 0 Å². The highest BCUT2D eigenvalue weighted by atomic mass is 32.1. The second kappa shape index (κ2) is 11.3. The maximum absolute atomic E-state index is 11.4. The summed E-state index contributed by atoms with van der Waals surface area (Å²) >= 11 is 3.77. The molecule has 0 aliphatic carbocycles. The van der Waals surface area contributed by atoms with Crippen molar-refractivity contribution in [3.8, 4) is 0 Å². The molecule has 0 aromatic carbocycles. The van der Waals surface area contributed by atoms with Crippen LogP contribution in [0.15, 0.2) is 0 Å². The number of hydrogen-bond donors (Lipinski definition) is 7. The summed E-state index contributed by atoms with van der Waals surface area (Å²) in [5.41, 5.74) is 5.02. The lowest BCUT2D eigenvalue weighted by atomic mass is 10.3. The first-order chi connectivity index (χ1) is 10.8. The molecule has 12 heteroatoms. The second-order valence-electron chi connectivity index (χ2n) is 4.18. The van der Waals surface area contributed by atoms with Crippen molar-refractivity contribution in [2.24, 2.45) is 5.73 Å². The summed E-state index contributed by atoms with van der Waals surface area (Å²) in [7, 11) is 0. The molecule has 23 heavy (non-hydrogen) atoms. The number of aliphatic carboxylic acids is 1. The third-order valence-electron chi connectivity index (χ3n) is 2.34. The molecular formula is C11H19N5O6S. The molecule has 130 valence electrons. The van der Waals surface area contributed by atoms with Gasteiger partial charge in [0.05, 0.1) is 26.2 Å². The van der Waals surface area contributed by atoms with Gasteiger partial charge in [-0.1, -0.05) is 0 Å². The van der Waals surface area contributed by atoms with Crippen molar-refractivity contribution in [3.63, 3.8) is 0 Å². The molecule has 0 saturated carbocycles. The van der Waals surface area contributed by atoms with Gasteiger partial charge < -0.3 is 32.1 Å². The molecule has 7 N–H and O–H groups in total.